The van der Waals surface area contributed by atoms with E-state index in [1.54, 1.807) is 18.0 Å². The third-order valence-corrected chi connectivity index (χ3v) is 3.38. The summed E-state index contributed by atoms with van der Waals surface area (Å²) in [6, 6.07) is 14.2. The van der Waals surface area contributed by atoms with Gasteiger partial charge >= 0.3 is 0 Å². The molecule has 1 nitrogen and oxygen atoms in total. The standard InChI is InChI=1S/C12H10ClNS/c13-12-10(5-4-8-14-12)9-15-11-6-2-1-3-7-11/h1-8H,9H2. The molecular weight excluding hydrogens is 226 g/mol. The highest BCUT2D eigenvalue weighted by Crippen LogP contribution is 2.24. The van der Waals surface area contributed by atoms with Gasteiger partial charge in [0.15, 0.2) is 0 Å². The second-order valence-corrected chi connectivity index (χ2v) is 4.46. The van der Waals surface area contributed by atoms with Crippen LogP contribution >= 0.6 is 23.4 Å². The Morgan fingerprint density at radius 2 is 1.87 bits per heavy atom. The van der Waals surface area contributed by atoms with Crippen molar-refractivity contribution in [1.29, 1.82) is 0 Å². The van der Waals surface area contributed by atoms with Gasteiger partial charge in [-0.3, -0.25) is 0 Å². The van der Waals surface area contributed by atoms with Gasteiger partial charge in [-0.05, 0) is 23.8 Å². The van der Waals surface area contributed by atoms with Crippen LogP contribution in [-0.4, -0.2) is 4.98 Å². The minimum absolute atomic E-state index is 0.598. The Morgan fingerprint density at radius 3 is 2.60 bits per heavy atom. The van der Waals surface area contributed by atoms with Crippen LogP contribution in [0.4, 0.5) is 0 Å². The first-order chi connectivity index (χ1) is 7.36. The molecule has 2 rings (SSSR count). The molecule has 0 atom stereocenters. The number of pyridine rings is 1. The van der Waals surface area contributed by atoms with Crippen molar-refractivity contribution in [3.05, 3.63) is 59.4 Å². The maximum absolute atomic E-state index is 5.97. The molecule has 2 aromatic rings. The normalized spacial score (nSPS) is 10.2. The van der Waals surface area contributed by atoms with E-state index in [4.69, 9.17) is 11.6 Å². The largest absolute Gasteiger partial charge is 0.244 e. The molecular formula is C12H10ClNS. The molecule has 0 fully saturated rings. The van der Waals surface area contributed by atoms with Crippen LogP contribution in [0.5, 0.6) is 0 Å². The molecule has 1 heterocycles. The van der Waals surface area contributed by atoms with E-state index < -0.39 is 0 Å². The number of rotatable bonds is 3. The molecule has 0 aliphatic carbocycles. The minimum Gasteiger partial charge on any atom is -0.244 e. The van der Waals surface area contributed by atoms with Crippen LogP contribution in [-0.2, 0) is 5.75 Å². The lowest BCUT2D eigenvalue weighted by Crippen LogP contribution is -1.84. The van der Waals surface area contributed by atoms with Crippen molar-refractivity contribution in [2.75, 3.05) is 0 Å². The molecule has 0 radical (unpaired) electrons. The lowest BCUT2D eigenvalue weighted by atomic mass is 10.3. The SMILES string of the molecule is Clc1ncccc1CSc1ccccc1. The molecule has 15 heavy (non-hydrogen) atoms. The Kier molecular flexibility index (Phi) is 3.64. The summed E-state index contributed by atoms with van der Waals surface area (Å²) in [4.78, 5) is 5.29. The van der Waals surface area contributed by atoms with Crippen LogP contribution in [0.15, 0.2) is 53.6 Å². The molecule has 0 unspecified atom stereocenters. The van der Waals surface area contributed by atoms with E-state index in [0.717, 1.165) is 11.3 Å². The molecule has 0 saturated carbocycles. The Labute approximate surface area is 98.5 Å². The monoisotopic (exact) mass is 235 g/mol. The summed E-state index contributed by atoms with van der Waals surface area (Å²) in [5.41, 5.74) is 1.08. The molecule has 0 saturated heterocycles. The van der Waals surface area contributed by atoms with Crippen LogP contribution in [0.2, 0.25) is 5.15 Å². The predicted molar refractivity (Wildman–Crippen MR) is 65.3 cm³/mol. The van der Waals surface area contributed by atoms with Gasteiger partial charge in [0.25, 0.3) is 0 Å². The van der Waals surface area contributed by atoms with E-state index in [1.165, 1.54) is 4.90 Å². The van der Waals surface area contributed by atoms with Gasteiger partial charge in [0.1, 0.15) is 5.15 Å². The topological polar surface area (TPSA) is 12.9 Å². The maximum atomic E-state index is 5.97. The highest BCUT2D eigenvalue weighted by Gasteiger charge is 2.00. The van der Waals surface area contributed by atoms with E-state index in [1.807, 2.05) is 30.3 Å². The Balaban J connectivity index is 2.03. The lowest BCUT2D eigenvalue weighted by molar-refractivity contribution is 1.25. The van der Waals surface area contributed by atoms with Crippen molar-refractivity contribution in [3.8, 4) is 0 Å². The number of hydrogen-bond donors (Lipinski definition) is 0. The second kappa shape index (κ2) is 5.19. The van der Waals surface area contributed by atoms with Crippen LogP contribution in [0.3, 0.4) is 0 Å². The van der Waals surface area contributed by atoms with Gasteiger partial charge < -0.3 is 0 Å². The average Bonchev–Trinajstić information content (AvgIpc) is 2.29. The summed E-state index contributed by atoms with van der Waals surface area (Å²) < 4.78 is 0. The molecule has 0 bridgehead atoms. The zero-order valence-electron chi connectivity index (χ0n) is 8.06. The number of thioether (sulfide) groups is 1. The van der Waals surface area contributed by atoms with E-state index in [0.29, 0.717) is 5.15 Å². The van der Waals surface area contributed by atoms with Crippen LogP contribution < -0.4 is 0 Å². The summed E-state index contributed by atoms with van der Waals surface area (Å²) in [5, 5.41) is 0.598. The number of benzene rings is 1. The fourth-order valence-corrected chi connectivity index (χ4v) is 2.37. The zero-order chi connectivity index (χ0) is 10.5. The smallest absolute Gasteiger partial charge is 0.133 e. The number of hydrogen-bond acceptors (Lipinski definition) is 2. The van der Waals surface area contributed by atoms with Gasteiger partial charge in [-0.2, -0.15) is 0 Å². The molecule has 3 heteroatoms. The Bertz CT molecular complexity index is 431. The molecule has 76 valence electrons. The third kappa shape index (κ3) is 2.98. The highest BCUT2D eigenvalue weighted by atomic mass is 35.5. The summed E-state index contributed by atoms with van der Waals surface area (Å²) in [7, 11) is 0. The Hall–Kier alpha value is -0.990. The first kappa shape index (κ1) is 10.5. The van der Waals surface area contributed by atoms with E-state index in [2.05, 4.69) is 17.1 Å². The van der Waals surface area contributed by atoms with Gasteiger partial charge in [0.2, 0.25) is 0 Å². The van der Waals surface area contributed by atoms with Crippen molar-refractivity contribution in [1.82, 2.24) is 4.98 Å². The summed E-state index contributed by atoms with van der Waals surface area (Å²) in [6.45, 7) is 0. The minimum atomic E-state index is 0.598. The van der Waals surface area contributed by atoms with Gasteiger partial charge in [0.05, 0.1) is 0 Å². The van der Waals surface area contributed by atoms with E-state index in [9.17, 15) is 0 Å². The number of nitrogens with zero attached hydrogens (tertiary/aromatic N) is 1. The van der Waals surface area contributed by atoms with Crippen LogP contribution in [0, 0.1) is 0 Å². The fraction of sp³-hybridized carbons (Fsp3) is 0.0833. The van der Waals surface area contributed by atoms with Gasteiger partial charge in [0, 0.05) is 16.8 Å². The Morgan fingerprint density at radius 1 is 1.07 bits per heavy atom. The highest BCUT2D eigenvalue weighted by molar-refractivity contribution is 7.98. The summed E-state index contributed by atoms with van der Waals surface area (Å²) in [5.74, 6) is 0.858. The third-order valence-electron chi connectivity index (χ3n) is 1.97. The van der Waals surface area contributed by atoms with E-state index >= 15 is 0 Å². The lowest BCUT2D eigenvalue weighted by Gasteiger charge is -2.02. The molecule has 0 aliphatic heterocycles. The van der Waals surface area contributed by atoms with Crippen molar-refractivity contribution in [3.63, 3.8) is 0 Å². The predicted octanol–water partition coefficient (Wildman–Crippen LogP) is 4.03. The molecule has 0 N–H and O–H groups in total. The molecule has 0 amide bonds. The van der Waals surface area contributed by atoms with E-state index in [-0.39, 0.29) is 0 Å². The van der Waals surface area contributed by atoms with Gasteiger partial charge in [-0.15, -0.1) is 11.8 Å². The number of halogens is 1. The second-order valence-electron chi connectivity index (χ2n) is 3.06. The first-order valence-corrected chi connectivity index (χ1v) is 6.00. The van der Waals surface area contributed by atoms with Crippen molar-refractivity contribution in [2.45, 2.75) is 10.6 Å². The maximum Gasteiger partial charge on any atom is 0.133 e. The van der Waals surface area contributed by atoms with Gasteiger partial charge in [-0.1, -0.05) is 35.9 Å². The summed E-state index contributed by atoms with van der Waals surface area (Å²) in [6.07, 6.45) is 1.71. The van der Waals surface area contributed by atoms with Crippen molar-refractivity contribution in [2.24, 2.45) is 0 Å². The van der Waals surface area contributed by atoms with Gasteiger partial charge in [-0.25, -0.2) is 4.98 Å². The summed E-state index contributed by atoms with van der Waals surface area (Å²) >= 11 is 7.73. The van der Waals surface area contributed by atoms with Crippen LogP contribution in [0.1, 0.15) is 5.56 Å². The first-order valence-electron chi connectivity index (χ1n) is 4.63. The molecule has 0 spiro atoms. The van der Waals surface area contributed by atoms with Crippen LogP contribution in [0.25, 0.3) is 0 Å². The quantitative estimate of drug-likeness (QED) is 0.589. The molecule has 1 aromatic heterocycles. The molecule has 1 aromatic carbocycles. The zero-order valence-corrected chi connectivity index (χ0v) is 9.63. The van der Waals surface area contributed by atoms with Crippen molar-refractivity contribution >= 4 is 23.4 Å². The van der Waals surface area contributed by atoms with Crippen molar-refractivity contribution < 1.29 is 0 Å². The average molecular weight is 236 g/mol. The number of aromatic nitrogens is 1. The fourth-order valence-electron chi connectivity index (χ4n) is 1.20. The molecule has 0 aliphatic rings.